The fraction of sp³-hybridized carbons (Fsp3) is 0. The van der Waals surface area contributed by atoms with Crippen LogP contribution in [-0.4, -0.2) is 10.2 Å². The SMILES string of the molecule is O=c1[nH]nc(-c2cccc(F)c2F)c2ccccc12. The van der Waals surface area contributed by atoms with Gasteiger partial charge in [0, 0.05) is 10.9 Å². The van der Waals surface area contributed by atoms with E-state index in [1.54, 1.807) is 24.3 Å². The summed E-state index contributed by atoms with van der Waals surface area (Å²) in [7, 11) is 0. The molecule has 94 valence electrons. The molecule has 0 unspecified atom stereocenters. The van der Waals surface area contributed by atoms with Crippen molar-refractivity contribution in [2.45, 2.75) is 0 Å². The lowest BCUT2D eigenvalue weighted by Gasteiger charge is -2.06. The van der Waals surface area contributed by atoms with Gasteiger partial charge >= 0.3 is 0 Å². The Balaban J connectivity index is 2.41. The van der Waals surface area contributed by atoms with Gasteiger partial charge in [-0.15, -0.1) is 0 Å². The van der Waals surface area contributed by atoms with Gasteiger partial charge in [0.05, 0.1) is 5.39 Å². The fourth-order valence-electron chi connectivity index (χ4n) is 2.01. The predicted molar refractivity (Wildman–Crippen MR) is 67.7 cm³/mol. The van der Waals surface area contributed by atoms with Gasteiger partial charge < -0.3 is 0 Å². The molecule has 5 heteroatoms. The van der Waals surface area contributed by atoms with Crippen molar-refractivity contribution < 1.29 is 8.78 Å². The molecular weight excluding hydrogens is 250 g/mol. The lowest BCUT2D eigenvalue weighted by Crippen LogP contribution is -2.09. The molecule has 0 bridgehead atoms. The lowest BCUT2D eigenvalue weighted by molar-refractivity contribution is 0.511. The summed E-state index contributed by atoms with van der Waals surface area (Å²) in [5, 5.41) is 7.00. The van der Waals surface area contributed by atoms with E-state index in [0.717, 1.165) is 6.07 Å². The molecule has 3 aromatic rings. The Kier molecular flexibility index (Phi) is 2.59. The average Bonchev–Trinajstić information content (AvgIpc) is 2.43. The molecule has 0 aliphatic carbocycles. The molecule has 0 radical (unpaired) electrons. The minimum absolute atomic E-state index is 0.0208. The Hall–Kier alpha value is -2.56. The van der Waals surface area contributed by atoms with Crippen molar-refractivity contribution >= 4 is 10.8 Å². The van der Waals surface area contributed by atoms with Gasteiger partial charge in [-0.1, -0.05) is 24.3 Å². The van der Waals surface area contributed by atoms with Crippen molar-refractivity contribution in [3.8, 4) is 11.3 Å². The van der Waals surface area contributed by atoms with Gasteiger partial charge in [0.25, 0.3) is 5.56 Å². The van der Waals surface area contributed by atoms with Crippen molar-refractivity contribution in [3.05, 3.63) is 64.5 Å². The van der Waals surface area contributed by atoms with E-state index in [0.29, 0.717) is 10.8 Å². The number of halogens is 2. The van der Waals surface area contributed by atoms with Crippen molar-refractivity contribution in [2.75, 3.05) is 0 Å². The largest absolute Gasteiger partial charge is 0.272 e. The highest BCUT2D eigenvalue weighted by Crippen LogP contribution is 2.27. The van der Waals surface area contributed by atoms with E-state index in [4.69, 9.17) is 0 Å². The lowest BCUT2D eigenvalue weighted by atomic mass is 10.0. The number of H-pyrrole nitrogens is 1. The first-order chi connectivity index (χ1) is 9.18. The summed E-state index contributed by atoms with van der Waals surface area (Å²) >= 11 is 0. The Morgan fingerprint density at radius 3 is 2.47 bits per heavy atom. The number of fused-ring (bicyclic) bond motifs is 1. The third kappa shape index (κ3) is 1.79. The Morgan fingerprint density at radius 2 is 1.68 bits per heavy atom. The second-order valence-corrected chi connectivity index (χ2v) is 4.05. The predicted octanol–water partition coefficient (Wildman–Crippen LogP) is 2.87. The van der Waals surface area contributed by atoms with Gasteiger partial charge in [-0.3, -0.25) is 4.79 Å². The molecule has 0 fully saturated rings. The molecule has 0 aliphatic heterocycles. The highest BCUT2D eigenvalue weighted by molar-refractivity contribution is 5.93. The van der Waals surface area contributed by atoms with E-state index in [1.165, 1.54) is 12.1 Å². The minimum Gasteiger partial charge on any atom is -0.267 e. The molecule has 2 aromatic carbocycles. The Morgan fingerprint density at radius 1 is 0.947 bits per heavy atom. The van der Waals surface area contributed by atoms with Crippen molar-refractivity contribution in [1.29, 1.82) is 0 Å². The number of hydrogen-bond acceptors (Lipinski definition) is 2. The average molecular weight is 258 g/mol. The maximum absolute atomic E-state index is 13.8. The zero-order valence-corrected chi connectivity index (χ0v) is 9.65. The Labute approximate surface area is 106 Å². The van der Waals surface area contributed by atoms with E-state index < -0.39 is 11.6 Å². The van der Waals surface area contributed by atoms with E-state index >= 15 is 0 Å². The maximum atomic E-state index is 13.8. The number of aromatic amines is 1. The molecule has 0 aliphatic rings. The van der Waals surface area contributed by atoms with Crippen LogP contribution in [0.4, 0.5) is 8.78 Å². The van der Waals surface area contributed by atoms with Crippen LogP contribution in [0.2, 0.25) is 0 Å². The highest BCUT2D eigenvalue weighted by atomic mass is 19.2. The number of rotatable bonds is 1. The van der Waals surface area contributed by atoms with Crippen molar-refractivity contribution in [1.82, 2.24) is 10.2 Å². The van der Waals surface area contributed by atoms with Crippen LogP contribution in [0.5, 0.6) is 0 Å². The van der Waals surface area contributed by atoms with E-state index in [-0.39, 0.29) is 16.8 Å². The first kappa shape index (κ1) is 11.5. The molecule has 0 saturated carbocycles. The summed E-state index contributed by atoms with van der Waals surface area (Å²) in [6, 6.07) is 10.5. The molecule has 0 spiro atoms. The number of nitrogens with one attached hydrogen (secondary N) is 1. The monoisotopic (exact) mass is 258 g/mol. The van der Waals surface area contributed by atoms with Crippen molar-refractivity contribution in [3.63, 3.8) is 0 Å². The van der Waals surface area contributed by atoms with Crippen LogP contribution in [0.15, 0.2) is 47.3 Å². The van der Waals surface area contributed by atoms with Crippen LogP contribution in [-0.2, 0) is 0 Å². The highest BCUT2D eigenvalue weighted by Gasteiger charge is 2.14. The first-order valence-electron chi connectivity index (χ1n) is 5.60. The topological polar surface area (TPSA) is 45.8 Å². The normalized spacial score (nSPS) is 10.8. The molecule has 19 heavy (non-hydrogen) atoms. The number of benzene rings is 2. The van der Waals surface area contributed by atoms with E-state index in [1.807, 2.05) is 0 Å². The summed E-state index contributed by atoms with van der Waals surface area (Å²) in [5.74, 6) is -1.93. The van der Waals surface area contributed by atoms with Crippen LogP contribution in [0.25, 0.3) is 22.0 Å². The van der Waals surface area contributed by atoms with Gasteiger partial charge in [-0.2, -0.15) is 5.10 Å². The van der Waals surface area contributed by atoms with Crippen LogP contribution < -0.4 is 5.56 Å². The summed E-state index contributed by atoms with van der Waals surface area (Å²) in [5.41, 5.74) is -0.129. The number of aromatic nitrogens is 2. The van der Waals surface area contributed by atoms with Gasteiger partial charge in [-0.25, -0.2) is 13.9 Å². The summed E-state index contributed by atoms with van der Waals surface area (Å²) in [6.45, 7) is 0. The standard InChI is InChI=1S/C14H8F2N2O/c15-11-7-3-6-10(12(11)16)13-8-4-1-2-5-9(8)14(19)18-17-13/h1-7H,(H,18,19). The van der Waals surface area contributed by atoms with E-state index in [2.05, 4.69) is 10.2 Å². The number of nitrogens with zero attached hydrogens (tertiary/aromatic N) is 1. The molecule has 1 aromatic heterocycles. The molecular formula is C14H8F2N2O. The van der Waals surface area contributed by atoms with Gasteiger partial charge in [0.1, 0.15) is 5.69 Å². The van der Waals surface area contributed by atoms with E-state index in [9.17, 15) is 13.6 Å². The maximum Gasteiger partial charge on any atom is 0.272 e. The van der Waals surface area contributed by atoms with Crippen LogP contribution in [0.1, 0.15) is 0 Å². The van der Waals surface area contributed by atoms with Gasteiger partial charge in [-0.05, 0) is 18.2 Å². The summed E-state index contributed by atoms with van der Waals surface area (Å²) < 4.78 is 27.1. The molecule has 3 nitrogen and oxygen atoms in total. The molecule has 0 amide bonds. The molecule has 3 rings (SSSR count). The smallest absolute Gasteiger partial charge is 0.267 e. The molecule has 0 atom stereocenters. The first-order valence-corrected chi connectivity index (χ1v) is 5.60. The minimum atomic E-state index is -0.979. The summed E-state index contributed by atoms with van der Waals surface area (Å²) in [6.07, 6.45) is 0. The van der Waals surface area contributed by atoms with Crippen LogP contribution >= 0.6 is 0 Å². The zero-order chi connectivity index (χ0) is 13.4. The zero-order valence-electron chi connectivity index (χ0n) is 9.65. The van der Waals surface area contributed by atoms with Crippen LogP contribution in [0.3, 0.4) is 0 Å². The third-order valence-corrected chi connectivity index (χ3v) is 2.90. The summed E-state index contributed by atoms with van der Waals surface area (Å²) in [4.78, 5) is 11.6. The molecule has 0 saturated heterocycles. The van der Waals surface area contributed by atoms with Gasteiger partial charge in [0.15, 0.2) is 11.6 Å². The fourth-order valence-corrected chi connectivity index (χ4v) is 2.01. The second-order valence-electron chi connectivity index (χ2n) is 4.05. The molecule has 1 heterocycles. The van der Waals surface area contributed by atoms with Crippen LogP contribution in [0, 0.1) is 11.6 Å². The third-order valence-electron chi connectivity index (χ3n) is 2.90. The Bertz CT molecular complexity index is 827. The quantitative estimate of drug-likeness (QED) is 0.729. The van der Waals surface area contributed by atoms with Gasteiger partial charge in [0.2, 0.25) is 0 Å². The number of hydrogen-bond donors (Lipinski definition) is 1. The second kappa shape index (κ2) is 4.28. The molecule has 1 N–H and O–H groups in total. The van der Waals surface area contributed by atoms with Crippen molar-refractivity contribution in [2.24, 2.45) is 0 Å².